The first-order chi connectivity index (χ1) is 12.7. The van der Waals surface area contributed by atoms with E-state index >= 15 is 0 Å². The summed E-state index contributed by atoms with van der Waals surface area (Å²) in [5.41, 5.74) is 0.0583. The van der Waals surface area contributed by atoms with Gasteiger partial charge in [0.2, 0.25) is 5.91 Å². The van der Waals surface area contributed by atoms with Crippen molar-refractivity contribution >= 4 is 18.9 Å². The molecule has 0 atom stereocenters. The highest BCUT2D eigenvalue weighted by Crippen LogP contribution is 2.20. The summed E-state index contributed by atoms with van der Waals surface area (Å²) in [5, 5.41) is 16.7. The number of aryl methyl sites for hydroxylation is 1. The van der Waals surface area contributed by atoms with Gasteiger partial charge in [-0.3, -0.25) is 24.1 Å². The maximum Gasteiger partial charge on any atom is 0.290 e. The summed E-state index contributed by atoms with van der Waals surface area (Å²) in [5.74, 6) is 0.638. The van der Waals surface area contributed by atoms with Gasteiger partial charge in [0, 0.05) is 24.7 Å². The predicted molar refractivity (Wildman–Crippen MR) is 98.6 cm³/mol. The van der Waals surface area contributed by atoms with Gasteiger partial charge in [-0.05, 0) is 46.7 Å². The van der Waals surface area contributed by atoms with Crippen LogP contribution >= 0.6 is 0 Å². The topological polar surface area (TPSA) is 153 Å². The van der Waals surface area contributed by atoms with Crippen molar-refractivity contribution in [3.05, 3.63) is 27.9 Å². The lowest BCUT2D eigenvalue weighted by Crippen LogP contribution is -2.54. The Kier molecular flexibility index (Phi) is 11.3. The van der Waals surface area contributed by atoms with Crippen LogP contribution in [0.2, 0.25) is 0 Å². The maximum absolute atomic E-state index is 12.3. The third-order valence-corrected chi connectivity index (χ3v) is 4.02. The van der Waals surface area contributed by atoms with E-state index < -0.39 is 5.54 Å². The molecule has 4 N–H and O–H groups in total. The number of hydrogen-bond acceptors (Lipinski definition) is 6. The average molecular weight is 384 g/mol. The molecule has 152 valence electrons. The third-order valence-electron chi connectivity index (χ3n) is 4.02. The van der Waals surface area contributed by atoms with Crippen molar-refractivity contribution < 1.29 is 24.6 Å². The maximum atomic E-state index is 12.3. The molecule has 1 amide bonds. The summed E-state index contributed by atoms with van der Waals surface area (Å²) in [6, 6.07) is 1.46. The number of amides is 1. The minimum Gasteiger partial charge on any atom is -0.483 e. The van der Waals surface area contributed by atoms with E-state index in [0.717, 1.165) is 25.9 Å². The van der Waals surface area contributed by atoms with Gasteiger partial charge in [-0.2, -0.15) is 0 Å². The van der Waals surface area contributed by atoms with Crippen LogP contribution in [0.25, 0.3) is 0 Å². The van der Waals surface area contributed by atoms with Crippen molar-refractivity contribution in [1.82, 2.24) is 20.2 Å². The number of H-pyrrole nitrogens is 1. The summed E-state index contributed by atoms with van der Waals surface area (Å²) >= 11 is 0. The highest BCUT2D eigenvalue weighted by molar-refractivity contribution is 5.85. The summed E-state index contributed by atoms with van der Waals surface area (Å²) in [7, 11) is 0. The summed E-state index contributed by atoms with van der Waals surface area (Å²) in [4.78, 5) is 49.6. The van der Waals surface area contributed by atoms with Crippen molar-refractivity contribution in [3.8, 4) is 0 Å². The Hall–Kier alpha value is -2.75. The summed E-state index contributed by atoms with van der Waals surface area (Å²) in [6.45, 7) is 7.64. The quantitative estimate of drug-likeness (QED) is 0.518. The number of nitrogens with zero attached hydrogens (tertiary/aromatic N) is 2. The van der Waals surface area contributed by atoms with E-state index in [0.29, 0.717) is 24.5 Å². The van der Waals surface area contributed by atoms with E-state index in [4.69, 9.17) is 19.8 Å². The molecule has 10 heteroatoms. The van der Waals surface area contributed by atoms with E-state index in [1.165, 1.54) is 6.07 Å². The number of carbonyl (C=O) groups is 3. The molecule has 1 aromatic heterocycles. The van der Waals surface area contributed by atoms with Gasteiger partial charge in [-0.15, -0.1) is 0 Å². The van der Waals surface area contributed by atoms with Crippen LogP contribution in [0.1, 0.15) is 38.2 Å². The Bertz CT molecular complexity index is 647. The third kappa shape index (κ3) is 8.95. The van der Waals surface area contributed by atoms with E-state index in [2.05, 4.69) is 20.2 Å². The van der Waals surface area contributed by atoms with Crippen LogP contribution in [0.4, 0.5) is 0 Å². The fraction of sp³-hybridized carbons (Fsp3) is 0.588. The lowest BCUT2D eigenvalue weighted by atomic mass is 10.0. The van der Waals surface area contributed by atoms with Gasteiger partial charge in [0.05, 0.1) is 5.54 Å². The largest absolute Gasteiger partial charge is 0.483 e. The summed E-state index contributed by atoms with van der Waals surface area (Å²) < 4.78 is 0. The molecule has 1 aromatic rings. The van der Waals surface area contributed by atoms with E-state index in [1.54, 1.807) is 6.92 Å². The second-order valence-corrected chi connectivity index (χ2v) is 6.30. The number of aromatic nitrogens is 2. The van der Waals surface area contributed by atoms with Gasteiger partial charge in [-0.1, -0.05) is 0 Å². The number of carbonyl (C=O) groups excluding carboxylic acids is 1. The molecule has 2 heterocycles. The normalized spacial score (nSPS) is 13.4. The first kappa shape index (κ1) is 24.2. The van der Waals surface area contributed by atoms with Crippen molar-refractivity contribution in [1.29, 1.82) is 0 Å². The van der Waals surface area contributed by atoms with Gasteiger partial charge in [0.15, 0.2) is 0 Å². The van der Waals surface area contributed by atoms with Crippen LogP contribution in [-0.4, -0.2) is 69.1 Å². The van der Waals surface area contributed by atoms with Crippen LogP contribution in [0, 0.1) is 6.92 Å². The van der Waals surface area contributed by atoms with Crippen molar-refractivity contribution in [2.24, 2.45) is 0 Å². The molecule has 0 radical (unpaired) electrons. The zero-order chi connectivity index (χ0) is 20.9. The van der Waals surface area contributed by atoms with Gasteiger partial charge in [0.1, 0.15) is 5.82 Å². The number of nitrogens with one attached hydrogen (secondary N) is 2. The van der Waals surface area contributed by atoms with Gasteiger partial charge in [0.25, 0.3) is 18.5 Å². The zero-order valence-electron chi connectivity index (χ0n) is 15.9. The fourth-order valence-corrected chi connectivity index (χ4v) is 2.69. The van der Waals surface area contributed by atoms with Crippen LogP contribution in [-0.2, 0) is 20.8 Å². The van der Waals surface area contributed by atoms with Crippen LogP contribution in [0.3, 0.4) is 0 Å². The molecule has 0 aliphatic carbocycles. The van der Waals surface area contributed by atoms with Gasteiger partial charge in [-0.25, -0.2) is 4.98 Å². The Labute approximate surface area is 157 Å². The van der Waals surface area contributed by atoms with Crippen molar-refractivity contribution in [2.75, 3.05) is 19.6 Å². The van der Waals surface area contributed by atoms with Gasteiger partial charge >= 0.3 is 0 Å². The lowest BCUT2D eigenvalue weighted by molar-refractivity contribution is -0.131. The number of rotatable bonds is 5. The molecule has 1 fully saturated rings. The Morgan fingerprint density at radius 3 is 2.30 bits per heavy atom. The number of aromatic amines is 1. The Balaban J connectivity index is 0.000000997. The first-order valence-electron chi connectivity index (χ1n) is 8.48. The molecule has 1 saturated heterocycles. The number of hydrogen-bond donors (Lipinski definition) is 4. The highest BCUT2D eigenvalue weighted by Gasteiger charge is 2.35. The molecule has 0 aromatic carbocycles. The fourth-order valence-electron chi connectivity index (χ4n) is 2.69. The smallest absolute Gasteiger partial charge is 0.290 e. The standard InChI is InChI=1S/C15H24N4O2.2CH2O2/c1-11-10-13(20)18-12(17-11)6-7-16-14(21)15(2,3)19-8-4-5-9-19;2*2-1-3/h10H,4-9H2,1-3H3,(H,16,21)(H,17,18,20);2*1H,(H,2,3). The molecular formula is C17H28N4O6. The minimum atomic E-state index is -0.482. The van der Waals surface area contributed by atoms with Crippen molar-refractivity contribution in [3.63, 3.8) is 0 Å². The first-order valence-corrected chi connectivity index (χ1v) is 8.48. The van der Waals surface area contributed by atoms with Crippen LogP contribution in [0.5, 0.6) is 0 Å². The highest BCUT2D eigenvalue weighted by atomic mass is 16.3. The Morgan fingerprint density at radius 1 is 1.30 bits per heavy atom. The molecule has 0 saturated carbocycles. The molecule has 2 rings (SSSR count). The van der Waals surface area contributed by atoms with Crippen LogP contribution < -0.4 is 10.9 Å². The SMILES string of the molecule is Cc1cc(=O)[nH]c(CCNC(=O)C(C)(C)N2CCCC2)n1.O=CO.O=CO. The van der Waals surface area contributed by atoms with Gasteiger partial charge < -0.3 is 20.5 Å². The molecule has 1 aliphatic rings. The number of carboxylic acid groups (broad SMARTS) is 2. The average Bonchev–Trinajstić information content (AvgIpc) is 3.10. The molecule has 0 unspecified atom stereocenters. The lowest BCUT2D eigenvalue weighted by Gasteiger charge is -2.33. The second kappa shape index (κ2) is 12.6. The molecule has 0 bridgehead atoms. The number of likely N-dealkylation sites (tertiary alicyclic amines) is 1. The van der Waals surface area contributed by atoms with E-state index in [1.807, 2.05) is 13.8 Å². The monoisotopic (exact) mass is 384 g/mol. The van der Waals surface area contributed by atoms with Crippen molar-refractivity contribution in [2.45, 2.75) is 45.6 Å². The molecule has 10 nitrogen and oxygen atoms in total. The molecule has 27 heavy (non-hydrogen) atoms. The molecular weight excluding hydrogens is 356 g/mol. The summed E-state index contributed by atoms with van der Waals surface area (Å²) in [6.07, 6.45) is 2.84. The second-order valence-electron chi connectivity index (χ2n) is 6.30. The Morgan fingerprint density at radius 2 is 1.81 bits per heavy atom. The van der Waals surface area contributed by atoms with E-state index in [9.17, 15) is 9.59 Å². The molecule has 0 spiro atoms. The zero-order valence-corrected chi connectivity index (χ0v) is 15.9. The van der Waals surface area contributed by atoms with Crippen LogP contribution in [0.15, 0.2) is 10.9 Å². The molecule has 1 aliphatic heterocycles. The predicted octanol–water partition coefficient (Wildman–Crippen LogP) is 0.0130. The van der Waals surface area contributed by atoms with E-state index in [-0.39, 0.29) is 24.4 Å². The minimum absolute atomic E-state index is 0.0272.